The van der Waals surface area contributed by atoms with E-state index in [1.807, 2.05) is 26.0 Å². The fourth-order valence-electron chi connectivity index (χ4n) is 2.43. The first-order valence-corrected chi connectivity index (χ1v) is 7.70. The predicted octanol–water partition coefficient (Wildman–Crippen LogP) is 2.02. The van der Waals surface area contributed by atoms with Crippen LogP contribution in [0.5, 0.6) is 0 Å². The number of aliphatic carboxylic acids is 1. The first-order chi connectivity index (χ1) is 10.0. The number of thiophene rings is 1. The molecule has 0 bridgehead atoms. The van der Waals surface area contributed by atoms with Crippen molar-refractivity contribution in [2.45, 2.75) is 19.9 Å². The van der Waals surface area contributed by atoms with E-state index in [1.165, 1.54) is 11.0 Å². The maximum atomic E-state index is 12.3. The van der Waals surface area contributed by atoms with Gasteiger partial charge in [0.05, 0.1) is 19.3 Å². The van der Waals surface area contributed by atoms with E-state index < -0.39 is 17.9 Å². The molecule has 2 rings (SSSR count). The summed E-state index contributed by atoms with van der Waals surface area (Å²) in [6.07, 6.45) is 3.28. The third-order valence-corrected chi connectivity index (χ3v) is 4.51. The monoisotopic (exact) mass is 309 g/mol. The van der Waals surface area contributed by atoms with Crippen molar-refractivity contribution >= 4 is 29.3 Å². The third-order valence-electron chi connectivity index (χ3n) is 3.54. The van der Waals surface area contributed by atoms with Crippen molar-refractivity contribution in [3.63, 3.8) is 0 Å². The minimum atomic E-state index is -0.915. The van der Waals surface area contributed by atoms with Crippen molar-refractivity contribution < 1.29 is 19.4 Å². The molecule has 1 aromatic rings. The Morgan fingerprint density at radius 1 is 1.48 bits per heavy atom. The van der Waals surface area contributed by atoms with Gasteiger partial charge in [0.15, 0.2) is 0 Å². The van der Waals surface area contributed by atoms with Crippen LogP contribution in [0.2, 0.25) is 0 Å². The highest BCUT2D eigenvalue weighted by molar-refractivity contribution is 7.12. The number of carboxylic acid groups (broad SMARTS) is 1. The van der Waals surface area contributed by atoms with Gasteiger partial charge < -0.3 is 14.7 Å². The molecule has 1 fully saturated rings. The van der Waals surface area contributed by atoms with Gasteiger partial charge in [-0.15, -0.1) is 11.3 Å². The van der Waals surface area contributed by atoms with E-state index in [1.54, 1.807) is 22.3 Å². The first-order valence-electron chi connectivity index (χ1n) is 6.88. The highest BCUT2D eigenvalue weighted by Crippen LogP contribution is 2.21. The third kappa shape index (κ3) is 3.71. The fourth-order valence-corrected chi connectivity index (χ4v) is 3.21. The minimum Gasteiger partial charge on any atom is -0.481 e. The number of hydrogen-bond donors (Lipinski definition) is 1. The van der Waals surface area contributed by atoms with Crippen molar-refractivity contribution in [1.82, 2.24) is 4.90 Å². The average molecular weight is 309 g/mol. The largest absolute Gasteiger partial charge is 0.481 e. The second-order valence-corrected chi connectivity index (χ2v) is 6.28. The van der Waals surface area contributed by atoms with Crippen LogP contribution in [-0.2, 0) is 14.3 Å². The standard InChI is InChI=1S/C15H19NO4S/c1-3-16(13-9-20-8-12(13)15(18)19)14(17)7-6-11-5-4-10(2)21-11/h4-7,12-13H,3,8-9H2,1-2H3,(H,18,19). The molecule has 2 atom stereocenters. The molecule has 0 spiro atoms. The van der Waals surface area contributed by atoms with Gasteiger partial charge in [-0.05, 0) is 32.1 Å². The lowest BCUT2D eigenvalue weighted by molar-refractivity contribution is -0.144. The summed E-state index contributed by atoms with van der Waals surface area (Å²) >= 11 is 1.61. The zero-order chi connectivity index (χ0) is 15.4. The quantitative estimate of drug-likeness (QED) is 0.845. The predicted molar refractivity (Wildman–Crippen MR) is 81.2 cm³/mol. The lowest BCUT2D eigenvalue weighted by Gasteiger charge is -2.28. The molecule has 5 nitrogen and oxygen atoms in total. The Morgan fingerprint density at radius 3 is 2.81 bits per heavy atom. The molecule has 1 saturated heterocycles. The van der Waals surface area contributed by atoms with Crippen LogP contribution >= 0.6 is 11.3 Å². The number of ether oxygens (including phenoxy) is 1. The summed E-state index contributed by atoms with van der Waals surface area (Å²) in [5.74, 6) is -1.74. The zero-order valence-corrected chi connectivity index (χ0v) is 12.9. The van der Waals surface area contributed by atoms with Gasteiger partial charge in [0.2, 0.25) is 5.91 Å². The van der Waals surface area contributed by atoms with Gasteiger partial charge in [-0.3, -0.25) is 9.59 Å². The van der Waals surface area contributed by atoms with Crippen LogP contribution in [0.4, 0.5) is 0 Å². The zero-order valence-electron chi connectivity index (χ0n) is 12.1. The molecular formula is C15H19NO4S. The number of amides is 1. The molecule has 1 aromatic heterocycles. The molecule has 1 aliphatic rings. The number of hydrogen-bond acceptors (Lipinski definition) is 4. The molecular weight excluding hydrogens is 290 g/mol. The number of rotatable bonds is 5. The number of likely N-dealkylation sites (N-methyl/N-ethyl adjacent to an activating group) is 1. The van der Waals surface area contributed by atoms with Crippen molar-refractivity contribution in [3.05, 3.63) is 28.0 Å². The Morgan fingerprint density at radius 2 is 2.24 bits per heavy atom. The summed E-state index contributed by atoms with van der Waals surface area (Å²) in [5.41, 5.74) is 0. The van der Waals surface area contributed by atoms with Gasteiger partial charge >= 0.3 is 5.97 Å². The van der Waals surface area contributed by atoms with Gasteiger partial charge in [0, 0.05) is 22.4 Å². The van der Waals surface area contributed by atoms with Crippen LogP contribution in [0.25, 0.3) is 6.08 Å². The molecule has 1 amide bonds. The van der Waals surface area contributed by atoms with E-state index in [0.29, 0.717) is 6.54 Å². The van der Waals surface area contributed by atoms with Gasteiger partial charge in [0.25, 0.3) is 0 Å². The number of aryl methyl sites for hydroxylation is 1. The van der Waals surface area contributed by atoms with Crippen molar-refractivity contribution in [2.24, 2.45) is 5.92 Å². The molecule has 0 aromatic carbocycles. The van der Waals surface area contributed by atoms with E-state index in [-0.39, 0.29) is 19.1 Å². The normalized spacial score (nSPS) is 21.8. The SMILES string of the molecule is CCN(C(=O)C=Cc1ccc(C)s1)C1COCC1C(=O)O. The van der Waals surface area contributed by atoms with Crippen LogP contribution in [0.3, 0.4) is 0 Å². The number of carbonyl (C=O) groups excluding carboxylic acids is 1. The highest BCUT2D eigenvalue weighted by atomic mass is 32.1. The maximum absolute atomic E-state index is 12.3. The molecule has 21 heavy (non-hydrogen) atoms. The molecule has 114 valence electrons. The summed E-state index contributed by atoms with van der Waals surface area (Å²) < 4.78 is 5.23. The van der Waals surface area contributed by atoms with E-state index in [4.69, 9.17) is 4.74 Å². The van der Waals surface area contributed by atoms with Gasteiger partial charge in [-0.1, -0.05) is 0 Å². The fraction of sp³-hybridized carbons (Fsp3) is 0.467. The second kappa shape index (κ2) is 6.87. The summed E-state index contributed by atoms with van der Waals surface area (Å²) in [4.78, 5) is 27.3. The van der Waals surface area contributed by atoms with Crippen molar-refractivity contribution in [1.29, 1.82) is 0 Å². The van der Waals surface area contributed by atoms with Gasteiger partial charge in [0.1, 0.15) is 5.92 Å². The Kier molecular flexibility index (Phi) is 5.14. The van der Waals surface area contributed by atoms with Gasteiger partial charge in [-0.25, -0.2) is 0 Å². The van der Waals surface area contributed by atoms with E-state index in [9.17, 15) is 14.7 Å². The van der Waals surface area contributed by atoms with Gasteiger partial charge in [-0.2, -0.15) is 0 Å². The van der Waals surface area contributed by atoms with Crippen LogP contribution < -0.4 is 0 Å². The molecule has 2 heterocycles. The molecule has 2 unspecified atom stereocenters. The summed E-state index contributed by atoms with van der Waals surface area (Å²) in [7, 11) is 0. The number of carbonyl (C=O) groups is 2. The maximum Gasteiger partial charge on any atom is 0.311 e. The summed E-state index contributed by atoms with van der Waals surface area (Å²) in [6, 6.07) is 3.56. The Labute approximate surface area is 127 Å². The van der Waals surface area contributed by atoms with Crippen LogP contribution in [0.15, 0.2) is 18.2 Å². The van der Waals surface area contributed by atoms with Crippen LogP contribution in [-0.4, -0.2) is 47.7 Å². The molecule has 0 aliphatic carbocycles. The second-order valence-electron chi connectivity index (χ2n) is 4.96. The van der Waals surface area contributed by atoms with E-state index in [2.05, 4.69) is 0 Å². The van der Waals surface area contributed by atoms with Crippen molar-refractivity contribution in [3.8, 4) is 0 Å². The first kappa shape index (κ1) is 15.7. The smallest absolute Gasteiger partial charge is 0.311 e. The molecule has 0 radical (unpaired) electrons. The Balaban J connectivity index is 2.08. The highest BCUT2D eigenvalue weighted by Gasteiger charge is 2.38. The molecule has 6 heteroatoms. The topological polar surface area (TPSA) is 66.8 Å². The lowest BCUT2D eigenvalue weighted by Crippen LogP contribution is -2.45. The van der Waals surface area contributed by atoms with Crippen molar-refractivity contribution in [2.75, 3.05) is 19.8 Å². The molecule has 1 aliphatic heterocycles. The lowest BCUT2D eigenvalue weighted by atomic mass is 10.0. The summed E-state index contributed by atoms with van der Waals surface area (Å²) in [5, 5.41) is 9.19. The minimum absolute atomic E-state index is 0.164. The van der Waals surface area contributed by atoms with Crippen LogP contribution in [0.1, 0.15) is 16.7 Å². The van der Waals surface area contributed by atoms with E-state index >= 15 is 0 Å². The Bertz CT molecular complexity index is 552. The van der Waals surface area contributed by atoms with Crippen LogP contribution in [0, 0.1) is 12.8 Å². The molecule has 1 N–H and O–H groups in total. The summed E-state index contributed by atoms with van der Waals surface area (Å²) in [6.45, 7) is 4.76. The molecule has 0 saturated carbocycles. The number of carboxylic acids is 1. The number of nitrogens with zero attached hydrogens (tertiary/aromatic N) is 1. The Hall–Kier alpha value is -1.66. The van der Waals surface area contributed by atoms with E-state index in [0.717, 1.165) is 4.88 Å². The average Bonchev–Trinajstić information content (AvgIpc) is 3.06.